The molecular weight excluding hydrogens is 1100 g/mol. The van der Waals surface area contributed by atoms with Crippen LogP contribution in [0.15, 0.2) is 57.6 Å². The number of aromatic amines is 2. The van der Waals surface area contributed by atoms with E-state index in [4.69, 9.17) is 31.9 Å². The number of halogens is 1. The second-order valence-corrected chi connectivity index (χ2v) is 31.4. The van der Waals surface area contributed by atoms with Crippen LogP contribution >= 0.6 is 22.9 Å². The molecule has 0 unspecified atom stereocenters. The summed E-state index contributed by atoms with van der Waals surface area (Å²) in [6, 6.07) is 9.08. The number of hydrogen-bond donors (Lipinski definition) is 7. The lowest BCUT2D eigenvalue weighted by molar-refractivity contribution is -0.119. The number of amides is 2. The Morgan fingerprint density at radius 3 is 1.69 bits per heavy atom. The molecule has 2 saturated heterocycles. The highest BCUT2D eigenvalue weighted by Crippen LogP contribution is 2.44. The average Bonchev–Trinajstić information content (AvgIpc) is 4.08. The van der Waals surface area contributed by atoms with Crippen molar-refractivity contribution < 1.29 is 35.8 Å². The number of H-pyrrole nitrogens is 2. The average molecular weight is 1180 g/mol. The topological polar surface area (TPSA) is 307 Å². The summed E-state index contributed by atoms with van der Waals surface area (Å²) >= 11 is 1.51. The van der Waals surface area contributed by atoms with Gasteiger partial charge in [-0.15, -0.1) is 0 Å². The number of imidazole rings is 2. The third-order valence-corrected chi connectivity index (χ3v) is 22.9. The number of anilines is 2. The minimum absolute atomic E-state index is 0. The van der Waals surface area contributed by atoms with Gasteiger partial charge in [-0.3, -0.25) is 57.8 Å². The van der Waals surface area contributed by atoms with Crippen molar-refractivity contribution in [3.63, 3.8) is 0 Å². The molecule has 4 aromatic heterocycles. The molecule has 25 heteroatoms. The summed E-state index contributed by atoms with van der Waals surface area (Å²) in [5.41, 5.74) is 7.29. The third-order valence-electron chi connectivity index (χ3n) is 13.9. The molecule has 5 aromatic rings. The van der Waals surface area contributed by atoms with Gasteiger partial charge in [0.15, 0.2) is 51.4 Å². The maximum Gasteiger partial charge on any atom is 0.280 e. The lowest BCUT2D eigenvalue weighted by Crippen LogP contribution is -2.51. The maximum atomic E-state index is 12.9. The smallest absolute Gasteiger partial charge is 0.280 e. The van der Waals surface area contributed by atoms with Gasteiger partial charge in [-0.1, -0.05) is 114 Å². The van der Waals surface area contributed by atoms with E-state index in [1.807, 2.05) is 36.5 Å². The fraction of sp³-hybridized carbons (Fsp3) is 0.612. The highest BCUT2D eigenvalue weighted by atomic mass is 127. The Labute approximate surface area is 452 Å². The molecule has 0 spiro atoms. The number of carbonyl (C=O) groups is 2. The second-order valence-electron chi connectivity index (χ2n) is 21.9. The van der Waals surface area contributed by atoms with E-state index in [1.165, 1.54) is 29.2 Å². The number of nitrogens with one attached hydrogen (secondary N) is 4. The van der Waals surface area contributed by atoms with Gasteiger partial charge in [-0.2, -0.15) is 9.97 Å². The standard InChI is InChI=1S/C28H40N6O4Si.C20H34N6O5Si.CH4.H2IN/c1-9-19-20(29-15-18-13-11-10-12-14-18)22(38-39(7,8)28(4,5)6)26(37-19)34-16-30-21-23(34)31-27(33-25(21)36)32-24(35)17(2)3;1-10(2)16(28)24-19-23-15-13(17(29)25-19)22-9-26(15)18-14(12(21)11(8-27)30-18)31-32(6,7)20(3,4)5;;1-2/h10-17,19-20,22,26H,9H2,1-8H3,(H2,31,32,33,35,36);9-12,14,18,27H,8,21H2,1-7H3,(H2,23,24,25,28,29);1H4;2H2/t19-,20-,22-,26-;11-,12-,14-,18-;;/m11../s1/i/hTD. The minimum Gasteiger partial charge on any atom is -0.408 e. The zero-order chi connectivity index (χ0) is 56.1. The van der Waals surface area contributed by atoms with Gasteiger partial charge in [0.25, 0.3) is 11.1 Å². The van der Waals surface area contributed by atoms with Crippen molar-refractivity contribution in [2.45, 2.75) is 175 Å². The molecule has 9 N–H and O–H groups in total. The number of nitrogens with two attached hydrogens (primary N) is 2. The number of nitrogens with zero attached hydrogens (tertiary/aromatic N) is 7. The van der Waals surface area contributed by atoms with Crippen LogP contribution in [0.3, 0.4) is 0 Å². The number of aliphatic imine (C=N–C) groups is 1. The van der Waals surface area contributed by atoms with Gasteiger partial charge in [0, 0.05) is 40.9 Å². The van der Waals surface area contributed by atoms with E-state index in [0.29, 0.717) is 9.58 Å². The predicted octanol–water partition coefficient (Wildman–Crippen LogP) is 7.15. The molecule has 8 atom stereocenters. The Kier molecular flexibility index (Phi) is 19.9. The van der Waals surface area contributed by atoms with Crippen LogP contribution < -0.4 is 31.4 Å². The lowest BCUT2D eigenvalue weighted by atomic mass is 10.1. The molecule has 0 saturated carbocycles. The van der Waals surface area contributed by atoms with Crippen LogP contribution in [0.25, 0.3) is 22.3 Å². The Balaban J connectivity index is 0.000000308. The lowest BCUT2D eigenvalue weighted by Gasteiger charge is -2.40. The van der Waals surface area contributed by atoms with Crippen LogP contribution in [0.5, 0.6) is 0 Å². The number of hydrogen-bond acceptors (Lipinski definition) is 16. The molecule has 7 rings (SSSR count). The largest absolute Gasteiger partial charge is 0.408 e. The molecule has 2 fully saturated rings. The van der Waals surface area contributed by atoms with E-state index >= 15 is 0 Å². The van der Waals surface area contributed by atoms with Crippen LogP contribution in [-0.2, 0) is 27.9 Å². The number of aliphatic hydroxyl groups is 1. The number of aliphatic hydroxyl groups excluding tert-OH is 1. The van der Waals surface area contributed by atoms with Crippen molar-refractivity contribution in [3.05, 3.63) is 69.3 Å². The summed E-state index contributed by atoms with van der Waals surface area (Å²) in [7, 11) is -4.53. The summed E-state index contributed by atoms with van der Waals surface area (Å²) in [5, 5.41) is 15.0. The molecule has 0 bridgehead atoms. The fourth-order valence-corrected chi connectivity index (χ4v) is 10.1. The van der Waals surface area contributed by atoms with Crippen molar-refractivity contribution in [1.82, 2.24) is 39.0 Å². The molecule has 6 heterocycles. The van der Waals surface area contributed by atoms with Crippen molar-refractivity contribution in [3.8, 4) is 0 Å². The van der Waals surface area contributed by atoms with E-state index in [1.54, 1.807) is 43.2 Å². The summed E-state index contributed by atoms with van der Waals surface area (Å²) in [6.45, 7) is 30.4. The Morgan fingerprint density at radius 1 is 0.865 bits per heavy atom. The zero-order valence-corrected chi connectivity index (χ0v) is 48.7. The minimum atomic E-state index is -2.27. The second kappa shape index (κ2) is 25.0. The monoisotopic (exact) mass is 1180 g/mol. The zero-order valence-electron chi connectivity index (χ0n) is 46.6. The third kappa shape index (κ3) is 13.9. The van der Waals surface area contributed by atoms with Gasteiger partial charge in [0.1, 0.15) is 27.2 Å². The van der Waals surface area contributed by atoms with E-state index in [2.05, 4.69) is 115 Å². The van der Waals surface area contributed by atoms with Crippen LogP contribution in [0.4, 0.5) is 11.9 Å². The van der Waals surface area contributed by atoms with Gasteiger partial charge in [0.2, 0.25) is 23.7 Å². The maximum absolute atomic E-state index is 12.9. The number of rotatable bonds is 14. The van der Waals surface area contributed by atoms with Crippen LogP contribution in [0.2, 0.25) is 39.1 Å². The molecule has 2 amide bonds. The SMILES string of the molecule is C.CC(C)C(=O)Nc1nc2c(ncn2[C@@H]2O[C@H](CO)[C@@H](N)[C@H]2O[Si](C)(C)C(C)(C)C)c(=O)[nH]1.CC[C@H]1O[C@@H](n2cnc3c(=O)[nH]c(NC(=O)C(C)C)nc32)[C@H](O[Si](C)(C)C(C)(C)C)[C@@H]1N=Cc1ccccc1.[2H]N([3H])I. The Bertz CT molecular complexity index is 2890. The van der Waals surface area contributed by atoms with E-state index in [0.717, 1.165) is 12.0 Å². The molecule has 2 aliphatic rings. The van der Waals surface area contributed by atoms with Gasteiger partial charge in [0.05, 0.1) is 31.4 Å². The summed E-state index contributed by atoms with van der Waals surface area (Å²) < 4.78 is 42.2. The number of ether oxygens (including phenoxy) is 2. The number of benzene rings is 1. The van der Waals surface area contributed by atoms with Crippen LogP contribution in [0.1, 0.15) is 108 Å². The molecule has 410 valence electrons. The van der Waals surface area contributed by atoms with E-state index in [9.17, 15) is 24.3 Å². The fourth-order valence-electron chi connectivity index (χ4n) is 7.47. The van der Waals surface area contributed by atoms with Gasteiger partial charge in [-0.05, 0) is 48.2 Å². The molecule has 2 aliphatic heterocycles. The van der Waals surface area contributed by atoms with E-state index < -0.39 is 64.6 Å². The highest BCUT2D eigenvalue weighted by molar-refractivity contribution is 14.1. The normalized spacial score (nSPS) is 22.8. The number of aromatic nitrogens is 8. The van der Waals surface area contributed by atoms with Crippen molar-refractivity contribution in [2.24, 2.45) is 26.5 Å². The van der Waals surface area contributed by atoms with Crippen molar-refractivity contribution in [2.75, 3.05) is 17.2 Å². The molecule has 74 heavy (non-hydrogen) atoms. The van der Waals surface area contributed by atoms with E-state index in [-0.39, 0.29) is 88.5 Å². The van der Waals surface area contributed by atoms with Crippen molar-refractivity contribution in [1.29, 1.82) is 0 Å². The Hall–Kier alpha value is -4.59. The molecule has 1 aromatic carbocycles. The van der Waals surface area contributed by atoms with Crippen molar-refractivity contribution >= 4 is 91.8 Å². The number of fused-ring (bicyclic) bond motifs is 2. The Morgan fingerprint density at radius 2 is 1.28 bits per heavy atom. The first-order chi connectivity index (χ1) is 34.8. The molecule has 0 aliphatic carbocycles. The quantitative estimate of drug-likeness (QED) is 0.0251. The summed E-state index contributed by atoms with van der Waals surface area (Å²) in [4.78, 5) is 77.4. The first kappa shape index (κ1) is 58.7. The predicted molar refractivity (Wildman–Crippen MR) is 303 cm³/mol. The molecule has 0 radical (unpaired) electrons. The first-order valence-electron chi connectivity index (χ1n) is 25.3. The van der Waals surface area contributed by atoms with Gasteiger partial charge < -0.3 is 29.2 Å². The number of carbonyl (C=O) groups excluding carboxylic acids is 2. The van der Waals surface area contributed by atoms with Crippen LogP contribution in [0, 0.1) is 11.8 Å². The van der Waals surface area contributed by atoms with Crippen LogP contribution in [-0.4, -0.2) is 122 Å². The summed E-state index contributed by atoms with van der Waals surface area (Å²) in [6.07, 6.45) is 2.35. The highest BCUT2D eigenvalue weighted by Gasteiger charge is 2.52. The first-order valence-corrected chi connectivity index (χ1v) is 31.2. The molecule has 22 nitrogen and oxygen atoms in total. The van der Waals surface area contributed by atoms with Gasteiger partial charge >= 0.3 is 0 Å². The molecular formula is C49H80IN13O9Si2. The van der Waals surface area contributed by atoms with Gasteiger partial charge in [-0.25, -0.2) is 9.97 Å². The summed E-state index contributed by atoms with van der Waals surface area (Å²) in [5.74, 6) is -1.00.